The lowest BCUT2D eigenvalue weighted by molar-refractivity contribution is 0.245. The Hall–Kier alpha value is -2.74. The highest BCUT2D eigenvalue weighted by molar-refractivity contribution is 7.98. The Balaban J connectivity index is 1.62. The second-order valence-corrected chi connectivity index (χ2v) is 7.90. The Morgan fingerprint density at radius 2 is 2.14 bits per heavy atom. The van der Waals surface area contributed by atoms with Gasteiger partial charge < -0.3 is 19.9 Å². The molecule has 0 bridgehead atoms. The van der Waals surface area contributed by atoms with Gasteiger partial charge in [-0.3, -0.25) is 0 Å². The molecule has 0 aliphatic carbocycles. The number of aromatic nitrogens is 4. The molecule has 0 radical (unpaired) electrons. The number of rotatable bonds is 7. The average Bonchev–Trinajstić information content (AvgIpc) is 3.17. The number of anilines is 2. The van der Waals surface area contributed by atoms with Gasteiger partial charge in [-0.15, -0.1) is 0 Å². The van der Waals surface area contributed by atoms with Crippen molar-refractivity contribution in [1.29, 1.82) is 0 Å². The van der Waals surface area contributed by atoms with Crippen LogP contribution in [0.15, 0.2) is 42.1 Å². The van der Waals surface area contributed by atoms with Crippen LogP contribution in [0.3, 0.4) is 0 Å². The van der Waals surface area contributed by atoms with Crippen molar-refractivity contribution < 1.29 is 4.74 Å². The Morgan fingerprint density at radius 1 is 1.24 bits per heavy atom. The van der Waals surface area contributed by atoms with Crippen LogP contribution in [-0.4, -0.2) is 32.7 Å². The fourth-order valence-electron chi connectivity index (χ4n) is 3.37. The van der Waals surface area contributed by atoms with Crippen LogP contribution in [0.4, 0.5) is 11.5 Å². The summed E-state index contributed by atoms with van der Waals surface area (Å²) < 4.78 is 7.37. The molecule has 4 rings (SSSR count). The van der Waals surface area contributed by atoms with E-state index in [0.717, 1.165) is 59.5 Å². The first kappa shape index (κ1) is 19.6. The van der Waals surface area contributed by atoms with Crippen molar-refractivity contribution in [2.45, 2.75) is 44.1 Å². The Morgan fingerprint density at radius 3 is 2.86 bits per heavy atom. The molecule has 0 spiro atoms. The lowest BCUT2D eigenvalue weighted by Crippen LogP contribution is -2.25. The third-order valence-corrected chi connectivity index (χ3v) is 5.84. The maximum Gasteiger partial charge on any atom is 0.191 e. The molecule has 1 aromatic carbocycles. The Kier molecular flexibility index (Phi) is 5.89. The van der Waals surface area contributed by atoms with E-state index in [2.05, 4.69) is 41.9 Å². The summed E-state index contributed by atoms with van der Waals surface area (Å²) in [5.41, 5.74) is 11.1. The molecule has 1 aliphatic heterocycles. The normalized spacial score (nSPS) is 13.8. The molecule has 0 atom stereocenters. The molecule has 3 heterocycles. The smallest absolute Gasteiger partial charge is 0.191 e. The topological polar surface area (TPSA) is 82.1 Å². The van der Waals surface area contributed by atoms with Gasteiger partial charge in [0.15, 0.2) is 22.1 Å². The zero-order chi connectivity index (χ0) is 20.2. The zero-order valence-electron chi connectivity index (χ0n) is 16.8. The number of hydrogen-bond acceptors (Lipinski definition) is 7. The lowest BCUT2D eigenvalue weighted by Gasteiger charge is -2.23. The van der Waals surface area contributed by atoms with Gasteiger partial charge in [0, 0.05) is 24.2 Å². The van der Waals surface area contributed by atoms with Gasteiger partial charge in [-0.1, -0.05) is 37.2 Å². The molecule has 0 fully saturated rings. The molecule has 0 amide bonds. The highest BCUT2D eigenvalue weighted by Crippen LogP contribution is 2.29. The van der Waals surface area contributed by atoms with E-state index in [-0.39, 0.29) is 0 Å². The first-order valence-electron chi connectivity index (χ1n) is 9.97. The monoisotopic (exact) mass is 410 g/mol. The lowest BCUT2D eigenvalue weighted by atomic mass is 10.1. The van der Waals surface area contributed by atoms with E-state index < -0.39 is 0 Å². The van der Waals surface area contributed by atoms with Crippen LogP contribution in [0.25, 0.3) is 11.2 Å². The number of imidazole rings is 1. The summed E-state index contributed by atoms with van der Waals surface area (Å²) in [7, 11) is 0. The second kappa shape index (κ2) is 8.73. The molecule has 1 aliphatic rings. The second-order valence-electron chi connectivity index (χ2n) is 6.95. The van der Waals surface area contributed by atoms with Crippen molar-refractivity contribution in [2.75, 3.05) is 23.8 Å². The van der Waals surface area contributed by atoms with Gasteiger partial charge in [0.05, 0.1) is 19.1 Å². The average molecular weight is 411 g/mol. The molecule has 7 nitrogen and oxygen atoms in total. The van der Waals surface area contributed by atoms with E-state index in [4.69, 9.17) is 20.4 Å². The molecule has 0 saturated carbocycles. The molecule has 2 N–H and O–H groups in total. The van der Waals surface area contributed by atoms with Gasteiger partial charge in [-0.2, -0.15) is 0 Å². The SMILES string of the molecule is CCCc1ccc(CSc2nc(N3C=COCC3)c3ncn(CC)c3n2)cc1N. The maximum atomic E-state index is 6.22. The van der Waals surface area contributed by atoms with Crippen LogP contribution in [0, 0.1) is 0 Å². The molecule has 0 unspecified atom stereocenters. The summed E-state index contributed by atoms with van der Waals surface area (Å²) in [6, 6.07) is 6.35. The number of hydrogen-bond donors (Lipinski definition) is 1. The molecule has 0 saturated heterocycles. The molecule has 29 heavy (non-hydrogen) atoms. The third kappa shape index (κ3) is 4.17. The number of nitrogen functional groups attached to an aromatic ring is 1. The Bertz CT molecular complexity index is 1030. The quantitative estimate of drug-likeness (QED) is 0.358. The van der Waals surface area contributed by atoms with Crippen LogP contribution in [0.1, 0.15) is 31.4 Å². The largest absolute Gasteiger partial charge is 0.498 e. The molecular weight excluding hydrogens is 384 g/mol. The summed E-state index contributed by atoms with van der Waals surface area (Å²) in [6.45, 7) is 6.43. The van der Waals surface area contributed by atoms with Gasteiger partial charge in [0.2, 0.25) is 0 Å². The summed E-state index contributed by atoms with van der Waals surface area (Å²) >= 11 is 1.62. The van der Waals surface area contributed by atoms with Crippen molar-refractivity contribution >= 4 is 34.4 Å². The molecule has 8 heteroatoms. The maximum absolute atomic E-state index is 6.22. The molecule has 2 aromatic heterocycles. The predicted molar refractivity (Wildman–Crippen MR) is 118 cm³/mol. The molecular formula is C21H26N6OS. The van der Waals surface area contributed by atoms with Crippen molar-refractivity contribution in [3.63, 3.8) is 0 Å². The van der Waals surface area contributed by atoms with Crippen LogP contribution in [0.2, 0.25) is 0 Å². The van der Waals surface area contributed by atoms with Crippen LogP contribution in [-0.2, 0) is 23.5 Å². The molecule has 3 aromatic rings. The van der Waals surface area contributed by atoms with E-state index in [1.54, 1.807) is 18.0 Å². The molecule has 152 valence electrons. The van der Waals surface area contributed by atoms with E-state index in [1.807, 2.05) is 17.1 Å². The number of fused-ring (bicyclic) bond motifs is 1. The summed E-state index contributed by atoms with van der Waals surface area (Å²) in [4.78, 5) is 16.2. The van der Waals surface area contributed by atoms with E-state index in [9.17, 15) is 0 Å². The van der Waals surface area contributed by atoms with Gasteiger partial charge in [0.25, 0.3) is 0 Å². The minimum Gasteiger partial charge on any atom is -0.498 e. The fourth-order valence-corrected chi connectivity index (χ4v) is 4.15. The summed E-state index contributed by atoms with van der Waals surface area (Å²) in [5, 5.41) is 0.735. The number of nitrogens with zero attached hydrogens (tertiary/aromatic N) is 5. The fraction of sp³-hybridized carbons (Fsp3) is 0.381. The number of aryl methyl sites for hydroxylation is 2. The van der Waals surface area contributed by atoms with E-state index in [0.29, 0.717) is 6.61 Å². The van der Waals surface area contributed by atoms with Crippen LogP contribution < -0.4 is 10.6 Å². The summed E-state index contributed by atoms with van der Waals surface area (Å²) in [5.74, 6) is 1.59. The van der Waals surface area contributed by atoms with Crippen LogP contribution in [0.5, 0.6) is 0 Å². The highest BCUT2D eigenvalue weighted by Gasteiger charge is 2.19. The number of ether oxygens (including phenoxy) is 1. The third-order valence-electron chi connectivity index (χ3n) is 4.92. The van der Waals surface area contributed by atoms with Crippen molar-refractivity contribution in [3.05, 3.63) is 48.1 Å². The number of nitrogens with two attached hydrogens (primary N) is 1. The zero-order valence-corrected chi connectivity index (χ0v) is 17.7. The van der Waals surface area contributed by atoms with E-state index in [1.165, 1.54) is 11.1 Å². The Labute approximate surface area is 175 Å². The minimum absolute atomic E-state index is 0.627. The van der Waals surface area contributed by atoms with Gasteiger partial charge in [0.1, 0.15) is 6.61 Å². The predicted octanol–water partition coefficient (Wildman–Crippen LogP) is 3.98. The number of thioether (sulfide) groups is 1. The van der Waals surface area contributed by atoms with E-state index >= 15 is 0 Å². The first-order chi connectivity index (χ1) is 14.2. The van der Waals surface area contributed by atoms with Crippen molar-refractivity contribution in [1.82, 2.24) is 19.5 Å². The standard InChI is InChI=1S/C21H26N6OS/c1-3-5-16-7-6-15(12-17(16)22)13-29-21-24-19-18(23-14-26(19)4-2)20(25-21)27-8-10-28-11-9-27/h6-8,10,12,14H,3-5,9,11,13,22H2,1-2H3. The summed E-state index contributed by atoms with van der Waals surface area (Å²) in [6.07, 6.45) is 7.53. The van der Waals surface area contributed by atoms with Gasteiger partial charge in [-0.25, -0.2) is 15.0 Å². The van der Waals surface area contributed by atoms with Crippen molar-refractivity contribution in [3.8, 4) is 0 Å². The highest BCUT2D eigenvalue weighted by atomic mass is 32.2. The first-order valence-corrected chi connectivity index (χ1v) is 11.0. The number of benzene rings is 1. The van der Waals surface area contributed by atoms with Crippen molar-refractivity contribution in [2.24, 2.45) is 0 Å². The van der Waals surface area contributed by atoms with Gasteiger partial charge >= 0.3 is 0 Å². The van der Waals surface area contributed by atoms with Crippen LogP contribution >= 0.6 is 11.8 Å². The van der Waals surface area contributed by atoms with Gasteiger partial charge in [-0.05, 0) is 30.5 Å². The minimum atomic E-state index is 0.627.